The summed E-state index contributed by atoms with van der Waals surface area (Å²) in [5.41, 5.74) is 0.633. The number of nitrogens with zero attached hydrogens (tertiary/aromatic N) is 4. The highest BCUT2D eigenvalue weighted by Crippen LogP contribution is 2.31. The van der Waals surface area contributed by atoms with Crippen LogP contribution in [0.2, 0.25) is 0 Å². The maximum absolute atomic E-state index is 13.2. The Hall–Kier alpha value is -2.95. The molecule has 4 rings (SSSR count). The van der Waals surface area contributed by atoms with Crippen molar-refractivity contribution >= 4 is 20.8 Å². The topological polar surface area (TPSA) is 94.0 Å². The molecule has 32 heavy (non-hydrogen) atoms. The highest BCUT2D eigenvalue weighted by molar-refractivity contribution is 7.89. The fraction of sp³-hybridized carbons (Fsp3) is 0.364. The molecule has 0 aliphatic carbocycles. The van der Waals surface area contributed by atoms with Crippen LogP contribution in [-0.4, -0.2) is 67.8 Å². The van der Waals surface area contributed by atoms with Crippen molar-refractivity contribution in [1.82, 2.24) is 19.0 Å². The van der Waals surface area contributed by atoms with E-state index in [9.17, 15) is 13.2 Å². The van der Waals surface area contributed by atoms with E-state index in [1.807, 2.05) is 30.0 Å². The first-order valence-electron chi connectivity index (χ1n) is 10.3. The largest absolute Gasteiger partial charge is 0.497 e. The molecule has 2 heterocycles. The van der Waals surface area contributed by atoms with Gasteiger partial charge in [0.25, 0.3) is 5.56 Å². The molecule has 9 nitrogen and oxygen atoms in total. The van der Waals surface area contributed by atoms with Crippen LogP contribution < -0.4 is 15.0 Å². The molecule has 2 aromatic carbocycles. The molecule has 0 bridgehead atoms. The molecular weight excluding hydrogens is 432 g/mol. The highest BCUT2D eigenvalue weighted by atomic mass is 32.2. The molecule has 0 spiro atoms. The van der Waals surface area contributed by atoms with Crippen LogP contribution in [0.15, 0.2) is 52.2 Å². The van der Waals surface area contributed by atoms with Gasteiger partial charge >= 0.3 is 0 Å². The van der Waals surface area contributed by atoms with Gasteiger partial charge in [-0.1, -0.05) is 18.2 Å². The van der Waals surface area contributed by atoms with Crippen LogP contribution >= 0.6 is 0 Å². The number of hydrogen-bond acceptors (Lipinski definition) is 7. The molecule has 3 aromatic rings. The van der Waals surface area contributed by atoms with Crippen molar-refractivity contribution < 1.29 is 17.9 Å². The number of rotatable bonds is 6. The summed E-state index contributed by atoms with van der Waals surface area (Å²) < 4.78 is 39.8. The monoisotopic (exact) mass is 458 g/mol. The minimum absolute atomic E-state index is 0.0795. The normalized spacial score (nSPS) is 15.7. The van der Waals surface area contributed by atoms with Gasteiger partial charge in [0.1, 0.15) is 16.4 Å². The predicted molar refractivity (Wildman–Crippen MR) is 121 cm³/mol. The van der Waals surface area contributed by atoms with E-state index in [2.05, 4.69) is 5.10 Å². The standard InChI is InChI=1S/C22H26N4O5S/c1-16-18-6-4-5-7-19(18)22(27)26(23-16)15-24-10-12-25(13-11-24)32(28,29)21-14-17(30-2)8-9-20(21)31-3/h4-9,14H,10-13,15H2,1-3H3. The summed E-state index contributed by atoms with van der Waals surface area (Å²) in [5, 5.41) is 5.93. The summed E-state index contributed by atoms with van der Waals surface area (Å²) in [7, 11) is -0.833. The molecule has 1 aliphatic rings. The van der Waals surface area contributed by atoms with Crippen molar-refractivity contribution in [2.75, 3.05) is 40.4 Å². The zero-order valence-corrected chi connectivity index (χ0v) is 19.1. The van der Waals surface area contributed by atoms with Crippen molar-refractivity contribution in [3.8, 4) is 11.5 Å². The van der Waals surface area contributed by atoms with Crippen LogP contribution in [-0.2, 0) is 16.7 Å². The predicted octanol–water partition coefficient (Wildman–Crippen LogP) is 1.69. The van der Waals surface area contributed by atoms with E-state index in [0.29, 0.717) is 44.0 Å². The van der Waals surface area contributed by atoms with Crippen molar-refractivity contribution in [2.45, 2.75) is 18.5 Å². The van der Waals surface area contributed by atoms with Crippen molar-refractivity contribution in [2.24, 2.45) is 0 Å². The van der Waals surface area contributed by atoms with Gasteiger partial charge in [0.15, 0.2) is 0 Å². The maximum atomic E-state index is 13.2. The Labute approximate surface area is 186 Å². The maximum Gasteiger partial charge on any atom is 0.275 e. The molecule has 10 heteroatoms. The minimum atomic E-state index is -3.76. The first-order chi connectivity index (χ1) is 15.3. The molecule has 1 fully saturated rings. The Kier molecular flexibility index (Phi) is 6.18. The zero-order chi connectivity index (χ0) is 22.9. The van der Waals surface area contributed by atoms with Crippen molar-refractivity contribution in [1.29, 1.82) is 0 Å². The van der Waals surface area contributed by atoms with Gasteiger partial charge in [0, 0.05) is 37.6 Å². The number of aryl methyl sites for hydroxylation is 1. The summed E-state index contributed by atoms with van der Waals surface area (Å²) in [6.07, 6.45) is 0. The lowest BCUT2D eigenvalue weighted by atomic mass is 10.1. The summed E-state index contributed by atoms with van der Waals surface area (Å²) in [6, 6.07) is 12.1. The Bertz CT molecular complexity index is 1300. The Balaban J connectivity index is 1.51. The van der Waals surface area contributed by atoms with Gasteiger partial charge in [-0.3, -0.25) is 9.69 Å². The number of piperazine rings is 1. The number of sulfonamides is 1. The fourth-order valence-corrected chi connectivity index (χ4v) is 5.52. The van der Waals surface area contributed by atoms with E-state index in [-0.39, 0.29) is 16.2 Å². The third kappa shape index (κ3) is 4.08. The summed E-state index contributed by atoms with van der Waals surface area (Å²) in [6.45, 7) is 3.73. The molecular formula is C22H26N4O5S. The summed E-state index contributed by atoms with van der Waals surface area (Å²) >= 11 is 0. The van der Waals surface area contributed by atoms with E-state index in [1.165, 1.54) is 29.3 Å². The average molecular weight is 459 g/mol. The highest BCUT2D eigenvalue weighted by Gasteiger charge is 2.31. The number of aromatic nitrogens is 2. The molecule has 1 aliphatic heterocycles. The van der Waals surface area contributed by atoms with E-state index in [0.717, 1.165) is 11.1 Å². The van der Waals surface area contributed by atoms with Crippen LogP contribution in [0.3, 0.4) is 0 Å². The number of methoxy groups -OCH3 is 2. The first kappa shape index (κ1) is 22.3. The van der Waals surface area contributed by atoms with Gasteiger partial charge in [-0.2, -0.15) is 9.40 Å². The summed E-state index contributed by atoms with van der Waals surface area (Å²) in [4.78, 5) is 14.9. The van der Waals surface area contributed by atoms with Gasteiger partial charge in [0.05, 0.1) is 32.0 Å². The molecule has 0 unspecified atom stereocenters. The lowest BCUT2D eigenvalue weighted by Crippen LogP contribution is -2.49. The zero-order valence-electron chi connectivity index (χ0n) is 18.3. The molecule has 1 saturated heterocycles. The quantitative estimate of drug-likeness (QED) is 0.555. The van der Waals surface area contributed by atoms with Crippen LogP contribution in [0.1, 0.15) is 5.69 Å². The smallest absolute Gasteiger partial charge is 0.275 e. The second-order valence-corrected chi connectivity index (χ2v) is 9.52. The van der Waals surface area contributed by atoms with E-state index in [1.54, 1.807) is 18.2 Å². The first-order valence-corrected chi connectivity index (χ1v) is 11.7. The molecule has 0 radical (unpaired) electrons. The van der Waals surface area contributed by atoms with Crippen LogP contribution in [0.4, 0.5) is 0 Å². The average Bonchev–Trinajstić information content (AvgIpc) is 2.82. The third-order valence-electron chi connectivity index (χ3n) is 5.71. The summed E-state index contributed by atoms with van der Waals surface area (Å²) in [5.74, 6) is 0.718. The molecule has 0 N–H and O–H groups in total. The molecule has 1 aromatic heterocycles. The fourth-order valence-electron chi connectivity index (χ4n) is 3.93. The molecule has 0 atom stereocenters. The lowest BCUT2D eigenvalue weighted by molar-refractivity contribution is 0.143. The molecule has 0 saturated carbocycles. The molecule has 0 amide bonds. The van der Waals surface area contributed by atoms with E-state index in [4.69, 9.17) is 9.47 Å². The molecule has 170 valence electrons. The number of benzene rings is 2. The lowest BCUT2D eigenvalue weighted by Gasteiger charge is -2.34. The van der Waals surface area contributed by atoms with Gasteiger partial charge in [0.2, 0.25) is 10.0 Å². The van der Waals surface area contributed by atoms with Crippen molar-refractivity contribution in [3.63, 3.8) is 0 Å². The SMILES string of the molecule is COc1ccc(OC)c(S(=O)(=O)N2CCN(Cn3nc(C)c4ccccc4c3=O)CC2)c1. The van der Waals surface area contributed by atoms with Crippen molar-refractivity contribution in [3.05, 3.63) is 58.5 Å². The minimum Gasteiger partial charge on any atom is -0.497 e. The Morgan fingerprint density at radius 3 is 2.31 bits per heavy atom. The Morgan fingerprint density at radius 2 is 1.66 bits per heavy atom. The number of ether oxygens (including phenoxy) is 2. The van der Waals surface area contributed by atoms with Gasteiger partial charge in [-0.25, -0.2) is 13.1 Å². The second kappa shape index (κ2) is 8.89. The third-order valence-corrected chi connectivity index (χ3v) is 7.63. The van der Waals surface area contributed by atoms with E-state index < -0.39 is 10.0 Å². The van der Waals surface area contributed by atoms with E-state index >= 15 is 0 Å². The van der Waals surface area contributed by atoms with Gasteiger partial charge in [-0.05, 0) is 25.1 Å². The van der Waals surface area contributed by atoms with Crippen LogP contribution in [0, 0.1) is 6.92 Å². The Morgan fingerprint density at radius 1 is 0.969 bits per heavy atom. The number of fused-ring (bicyclic) bond motifs is 1. The van der Waals surface area contributed by atoms with Crippen LogP contribution in [0.5, 0.6) is 11.5 Å². The second-order valence-electron chi connectivity index (χ2n) is 7.62. The van der Waals surface area contributed by atoms with Gasteiger partial charge < -0.3 is 9.47 Å². The van der Waals surface area contributed by atoms with Gasteiger partial charge in [-0.15, -0.1) is 0 Å². The van der Waals surface area contributed by atoms with Crippen LogP contribution in [0.25, 0.3) is 10.8 Å². The number of hydrogen-bond donors (Lipinski definition) is 0.